The first-order chi connectivity index (χ1) is 8.03. The second kappa shape index (κ2) is 4.85. The highest BCUT2D eigenvalue weighted by molar-refractivity contribution is 5.48. The predicted molar refractivity (Wildman–Crippen MR) is 59.0 cm³/mol. The van der Waals surface area contributed by atoms with Crippen molar-refractivity contribution in [2.75, 3.05) is 11.9 Å². The summed E-state index contributed by atoms with van der Waals surface area (Å²) in [4.78, 5) is 0. The molecule has 0 aromatic heterocycles. The van der Waals surface area contributed by atoms with Gasteiger partial charge in [-0.1, -0.05) is 18.9 Å². The van der Waals surface area contributed by atoms with Crippen LogP contribution in [-0.4, -0.2) is 12.9 Å². The van der Waals surface area contributed by atoms with Crippen molar-refractivity contribution >= 4 is 5.69 Å². The molecule has 0 unspecified atom stereocenters. The molecule has 1 fully saturated rings. The van der Waals surface area contributed by atoms with Crippen LogP contribution in [0.4, 0.5) is 18.9 Å². The first-order valence-electron chi connectivity index (χ1n) is 5.62. The van der Waals surface area contributed by atoms with Crippen molar-refractivity contribution in [2.45, 2.75) is 25.6 Å². The van der Waals surface area contributed by atoms with E-state index in [0.29, 0.717) is 5.69 Å². The van der Waals surface area contributed by atoms with E-state index >= 15 is 0 Å². The molecule has 1 aromatic carbocycles. The number of benzene rings is 1. The Morgan fingerprint density at radius 1 is 1.29 bits per heavy atom. The molecule has 0 saturated heterocycles. The third-order valence-electron chi connectivity index (χ3n) is 2.65. The van der Waals surface area contributed by atoms with Gasteiger partial charge in [-0.05, 0) is 24.5 Å². The molecule has 2 nitrogen and oxygen atoms in total. The molecule has 5 heteroatoms. The number of halogens is 3. The maximum atomic E-state index is 12.0. The number of anilines is 1. The molecule has 0 atom stereocenters. The van der Waals surface area contributed by atoms with Crippen molar-refractivity contribution in [3.05, 3.63) is 24.3 Å². The zero-order valence-corrected chi connectivity index (χ0v) is 9.26. The molecule has 0 amide bonds. The van der Waals surface area contributed by atoms with E-state index < -0.39 is 6.36 Å². The van der Waals surface area contributed by atoms with E-state index in [1.165, 1.54) is 25.0 Å². The van der Waals surface area contributed by atoms with E-state index in [0.717, 1.165) is 18.9 Å². The minimum atomic E-state index is -4.63. The summed E-state index contributed by atoms with van der Waals surface area (Å²) >= 11 is 0. The summed E-state index contributed by atoms with van der Waals surface area (Å²) in [6.45, 7) is 0.792. The van der Waals surface area contributed by atoms with Crippen LogP contribution >= 0.6 is 0 Å². The van der Waals surface area contributed by atoms with Crippen molar-refractivity contribution in [1.82, 2.24) is 0 Å². The summed E-state index contributed by atoms with van der Waals surface area (Å²) in [5, 5.41) is 3.09. The van der Waals surface area contributed by atoms with Crippen LogP contribution < -0.4 is 10.1 Å². The molecule has 0 aliphatic heterocycles. The quantitative estimate of drug-likeness (QED) is 0.852. The van der Waals surface area contributed by atoms with Crippen molar-refractivity contribution in [3.63, 3.8) is 0 Å². The van der Waals surface area contributed by atoms with Gasteiger partial charge in [-0.2, -0.15) is 0 Å². The molecule has 1 aliphatic carbocycles. The van der Waals surface area contributed by atoms with Gasteiger partial charge >= 0.3 is 6.36 Å². The summed E-state index contributed by atoms with van der Waals surface area (Å²) in [6, 6.07) is 5.93. The number of ether oxygens (including phenoxy) is 1. The van der Waals surface area contributed by atoms with Crippen LogP contribution in [0.3, 0.4) is 0 Å². The van der Waals surface area contributed by atoms with Gasteiger partial charge in [0.2, 0.25) is 0 Å². The molecule has 0 heterocycles. The van der Waals surface area contributed by atoms with Gasteiger partial charge in [0, 0.05) is 18.3 Å². The molecular weight excluding hydrogens is 231 g/mol. The van der Waals surface area contributed by atoms with Gasteiger partial charge in [0.05, 0.1) is 0 Å². The lowest BCUT2D eigenvalue weighted by Gasteiger charge is -2.11. The van der Waals surface area contributed by atoms with E-state index in [2.05, 4.69) is 10.1 Å². The van der Waals surface area contributed by atoms with Gasteiger partial charge in [0.15, 0.2) is 0 Å². The summed E-state index contributed by atoms with van der Waals surface area (Å²) < 4.78 is 39.8. The fourth-order valence-corrected chi connectivity index (χ4v) is 1.63. The largest absolute Gasteiger partial charge is 0.573 e. The van der Waals surface area contributed by atoms with Crippen LogP contribution in [0.15, 0.2) is 24.3 Å². The van der Waals surface area contributed by atoms with Crippen molar-refractivity contribution in [3.8, 4) is 5.75 Å². The highest BCUT2D eigenvalue weighted by Gasteiger charge is 2.31. The Balaban J connectivity index is 1.86. The second-order valence-corrected chi connectivity index (χ2v) is 4.23. The summed E-state index contributed by atoms with van der Waals surface area (Å²) in [7, 11) is 0. The molecule has 1 N–H and O–H groups in total. The summed E-state index contributed by atoms with van der Waals surface area (Å²) in [5.41, 5.74) is 0.660. The first kappa shape index (κ1) is 12.1. The average Bonchev–Trinajstić information content (AvgIpc) is 2.99. The van der Waals surface area contributed by atoms with Gasteiger partial charge in [-0.25, -0.2) is 0 Å². The van der Waals surface area contributed by atoms with Gasteiger partial charge in [0.1, 0.15) is 5.75 Å². The molecule has 0 radical (unpaired) electrons. The lowest BCUT2D eigenvalue weighted by Crippen LogP contribution is -2.17. The highest BCUT2D eigenvalue weighted by atomic mass is 19.4. The Hall–Kier alpha value is -1.39. The minimum absolute atomic E-state index is 0.186. The van der Waals surface area contributed by atoms with Crippen LogP contribution in [-0.2, 0) is 0 Å². The van der Waals surface area contributed by atoms with E-state index in [1.54, 1.807) is 12.1 Å². The molecule has 94 valence electrons. The number of alkyl halides is 3. The van der Waals surface area contributed by atoms with E-state index in [9.17, 15) is 13.2 Å². The molecule has 0 spiro atoms. The number of hydrogen-bond donors (Lipinski definition) is 1. The van der Waals surface area contributed by atoms with Crippen molar-refractivity contribution in [1.29, 1.82) is 0 Å². The maximum Gasteiger partial charge on any atom is 0.573 e. The fraction of sp³-hybridized carbons (Fsp3) is 0.500. The van der Waals surface area contributed by atoms with E-state index in [1.807, 2.05) is 0 Å². The van der Waals surface area contributed by atoms with Gasteiger partial charge in [-0.3, -0.25) is 0 Å². The Labute approximate surface area is 97.8 Å². The Bertz CT molecular complexity index is 374. The lowest BCUT2D eigenvalue weighted by atomic mass is 10.2. The third kappa shape index (κ3) is 4.54. The number of nitrogens with one attached hydrogen (secondary N) is 1. The predicted octanol–water partition coefficient (Wildman–Crippen LogP) is 3.80. The fourth-order valence-electron chi connectivity index (χ4n) is 1.63. The standard InChI is InChI=1S/C12H14F3NO/c13-12(14,15)17-11-3-1-2-10(8-11)16-7-6-9-4-5-9/h1-3,8-9,16H,4-7H2. The SMILES string of the molecule is FC(F)(F)Oc1cccc(NCCC2CC2)c1. The van der Waals surface area contributed by atoms with Crippen molar-refractivity contribution in [2.24, 2.45) is 5.92 Å². The average molecular weight is 245 g/mol. The van der Waals surface area contributed by atoms with E-state index in [-0.39, 0.29) is 5.75 Å². The van der Waals surface area contributed by atoms with Crippen LogP contribution in [0.1, 0.15) is 19.3 Å². The Kier molecular flexibility index (Phi) is 3.45. The van der Waals surface area contributed by atoms with E-state index in [4.69, 9.17) is 0 Å². The maximum absolute atomic E-state index is 12.0. The Morgan fingerprint density at radius 2 is 2.06 bits per heavy atom. The summed E-state index contributed by atoms with van der Waals surface area (Å²) in [6.07, 6.45) is -1.01. The van der Waals surface area contributed by atoms with Crippen LogP contribution in [0.5, 0.6) is 5.75 Å². The van der Waals surface area contributed by atoms with Crippen LogP contribution in [0.2, 0.25) is 0 Å². The van der Waals surface area contributed by atoms with Crippen molar-refractivity contribution < 1.29 is 17.9 Å². The van der Waals surface area contributed by atoms with Gasteiger partial charge in [0.25, 0.3) is 0 Å². The van der Waals surface area contributed by atoms with Gasteiger partial charge in [-0.15, -0.1) is 13.2 Å². The highest BCUT2D eigenvalue weighted by Crippen LogP contribution is 2.32. The second-order valence-electron chi connectivity index (χ2n) is 4.23. The monoisotopic (exact) mass is 245 g/mol. The molecule has 1 aliphatic rings. The zero-order valence-electron chi connectivity index (χ0n) is 9.26. The van der Waals surface area contributed by atoms with Crippen LogP contribution in [0, 0.1) is 5.92 Å². The molecule has 2 rings (SSSR count). The minimum Gasteiger partial charge on any atom is -0.406 e. The molecular formula is C12H14F3NO. The normalized spacial score (nSPS) is 15.7. The smallest absolute Gasteiger partial charge is 0.406 e. The number of rotatable bonds is 5. The summed E-state index contributed by atoms with van der Waals surface area (Å²) in [5.74, 6) is 0.617. The molecule has 0 bridgehead atoms. The third-order valence-corrected chi connectivity index (χ3v) is 2.65. The van der Waals surface area contributed by atoms with Crippen LogP contribution in [0.25, 0.3) is 0 Å². The first-order valence-corrected chi connectivity index (χ1v) is 5.62. The molecule has 1 aromatic rings. The Morgan fingerprint density at radius 3 is 2.71 bits per heavy atom. The zero-order chi connectivity index (χ0) is 12.3. The number of hydrogen-bond acceptors (Lipinski definition) is 2. The van der Waals surface area contributed by atoms with Gasteiger partial charge < -0.3 is 10.1 Å². The molecule has 1 saturated carbocycles. The lowest BCUT2D eigenvalue weighted by molar-refractivity contribution is -0.274. The molecule has 17 heavy (non-hydrogen) atoms. The topological polar surface area (TPSA) is 21.3 Å².